The first kappa shape index (κ1) is 14.8. The second-order valence-electron chi connectivity index (χ2n) is 3.88. The molecule has 0 radical (unpaired) electrons. The van der Waals surface area contributed by atoms with E-state index in [1.165, 1.54) is 6.92 Å². The van der Waals surface area contributed by atoms with Crippen LogP contribution >= 0.6 is 0 Å². The predicted molar refractivity (Wildman–Crippen MR) is 71.2 cm³/mol. The molecule has 0 atom stereocenters. The Balaban J connectivity index is 2.57. The Kier molecular flexibility index (Phi) is 5.66. The van der Waals surface area contributed by atoms with E-state index in [1.807, 2.05) is 18.2 Å². The van der Waals surface area contributed by atoms with E-state index in [1.54, 1.807) is 14.2 Å². The zero-order chi connectivity index (χ0) is 14.3. The summed E-state index contributed by atoms with van der Waals surface area (Å²) in [6, 6.07) is 5.58. The Labute approximate surface area is 112 Å². The van der Waals surface area contributed by atoms with Crippen molar-refractivity contribution in [2.45, 2.75) is 13.3 Å². The lowest BCUT2D eigenvalue weighted by Gasteiger charge is -2.10. The standard InChI is InChI=1S/C13H18N2O4/c1-9(15-17)13(16)14-7-6-10-4-5-11(18-2)12(8-10)19-3/h4-5,8,17H,6-7H2,1-3H3,(H,14,16). The lowest BCUT2D eigenvalue weighted by Crippen LogP contribution is -2.31. The van der Waals surface area contributed by atoms with Crippen molar-refractivity contribution in [3.63, 3.8) is 0 Å². The molecular weight excluding hydrogens is 248 g/mol. The van der Waals surface area contributed by atoms with Crippen LogP contribution in [0.1, 0.15) is 12.5 Å². The number of carbonyl (C=O) groups is 1. The first-order valence-electron chi connectivity index (χ1n) is 5.80. The van der Waals surface area contributed by atoms with Crippen molar-refractivity contribution < 1.29 is 19.5 Å². The third-order valence-electron chi connectivity index (χ3n) is 2.63. The lowest BCUT2D eigenvalue weighted by atomic mass is 10.1. The number of carbonyl (C=O) groups excluding carboxylic acids is 1. The molecule has 0 saturated carbocycles. The molecular formula is C13H18N2O4. The number of nitrogens with one attached hydrogen (secondary N) is 1. The van der Waals surface area contributed by atoms with E-state index in [-0.39, 0.29) is 11.6 Å². The van der Waals surface area contributed by atoms with Crippen LogP contribution in [0.3, 0.4) is 0 Å². The van der Waals surface area contributed by atoms with Crippen LogP contribution in [-0.2, 0) is 11.2 Å². The zero-order valence-electron chi connectivity index (χ0n) is 11.3. The van der Waals surface area contributed by atoms with Crippen LogP contribution in [-0.4, -0.2) is 37.6 Å². The Bertz CT molecular complexity index is 472. The zero-order valence-corrected chi connectivity index (χ0v) is 11.3. The van der Waals surface area contributed by atoms with Crippen molar-refractivity contribution in [3.8, 4) is 11.5 Å². The van der Waals surface area contributed by atoms with Gasteiger partial charge in [0.2, 0.25) is 0 Å². The van der Waals surface area contributed by atoms with Gasteiger partial charge in [-0.2, -0.15) is 0 Å². The monoisotopic (exact) mass is 266 g/mol. The molecule has 1 rings (SSSR count). The summed E-state index contributed by atoms with van der Waals surface area (Å²) in [6.45, 7) is 1.88. The fourth-order valence-corrected chi connectivity index (χ4v) is 1.53. The molecule has 0 heterocycles. The number of hydrogen-bond donors (Lipinski definition) is 2. The van der Waals surface area contributed by atoms with Crippen molar-refractivity contribution in [1.82, 2.24) is 5.32 Å². The van der Waals surface area contributed by atoms with Gasteiger partial charge in [0.05, 0.1) is 14.2 Å². The Morgan fingerprint density at radius 2 is 2.00 bits per heavy atom. The van der Waals surface area contributed by atoms with E-state index in [0.717, 1.165) is 5.56 Å². The van der Waals surface area contributed by atoms with Gasteiger partial charge in [0, 0.05) is 6.54 Å². The van der Waals surface area contributed by atoms with Crippen molar-refractivity contribution in [2.24, 2.45) is 5.16 Å². The summed E-state index contributed by atoms with van der Waals surface area (Å²) in [7, 11) is 3.15. The molecule has 1 amide bonds. The highest BCUT2D eigenvalue weighted by Gasteiger charge is 2.07. The summed E-state index contributed by atoms with van der Waals surface area (Å²) in [6.07, 6.45) is 0.644. The van der Waals surface area contributed by atoms with Crippen molar-refractivity contribution >= 4 is 11.6 Å². The second-order valence-corrected chi connectivity index (χ2v) is 3.88. The van der Waals surface area contributed by atoms with Crippen molar-refractivity contribution in [3.05, 3.63) is 23.8 Å². The van der Waals surface area contributed by atoms with Gasteiger partial charge in [-0.05, 0) is 31.0 Å². The SMILES string of the molecule is COc1ccc(CCNC(=O)C(C)=NO)cc1OC. The third-order valence-corrected chi connectivity index (χ3v) is 2.63. The van der Waals surface area contributed by atoms with Crippen LogP contribution in [0.4, 0.5) is 0 Å². The summed E-state index contributed by atoms with van der Waals surface area (Å²) in [4.78, 5) is 11.3. The van der Waals surface area contributed by atoms with E-state index in [2.05, 4.69) is 10.5 Å². The quantitative estimate of drug-likeness (QED) is 0.461. The molecule has 2 N–H and O–H groups in total. The number of methoxy groups -OCH3 is 2. The molecule has 0 aliphatic heterocycles. The molecule has 0 bridgehead atoms. The van der Waals surface area contributed by atoms with Gasteiger partial charge in [0.15, 0.2) is 11.5 Å². The number of nitrogens with zero attached hydrogens (tertiary/aromatic N) is 1. The number of benzene rings is 1. The maximum absolute atomic E-state index is 11.3. The molecule has 1 aromatic rings. The van der Waals surface area contributed by atoms with Crippen molar-refractivity contribution in [1.29, 1.82) is 0 Å². The first-order valence-corrected chi connectivity index (χ1v) is 5.80. The minimum atomic E-state index is -0.386. The molecule has 6 nitrogen and oxygen atoms in total. The lowest BCUT2D eigenvalue weighted by molar-refractivity contribution is -0.114. The average Bonchev–Trinajstić information content (AvgIpc) is 2.45. The summed E-state index contributed by atoms with van der Waals surface area (Å²) >= 11 is 0. The Morgan fingerprint density at radius 1 is 1.32 bits per heavy atom. The minimum Gasteiger partial charge on any atom is -0.493 e. The highest BCUT2D eigenvalue weighted by Crippen LogP contribution is 2.27. The van der Waals surface area contributed by atoms with Crippen LogP contribution in [0, 0.1) is 0 Å². The van der Waals surface area contributed by atoms with Gasteiger partial charge in [-0.1, -0.05) is 11.2 Å². The normalized spacial score (nSPS) is 11.0. The maximum atomic E-state index is 11.3. The molecule has 6 heteroatoms. The smallest absolute Gasteiger partial charge is 0.268 e. The van der Waals surface area contributed by atoms with Gasteiger partial charge in [-0.15, -0.1) is 0 Å². The summed E-state index contributed by atoms with van der Waals surface area (Å²) in [5.41, 5.74) is 1.05. The van der Waals surface area contributed by atoms with Crippen LogP contribution < -0.4 is 14.8 Å². The predicted octanol–water partition coefficient (Wildman–Crippen LogP) is 1.21. The van der Waals surface area contributed by atoms with Crippen LogP contribution in [0.15, 0.2) is 23.4 Å². The average molecular weight is 266 g/mol. The number of oxime groups is 1. The van der Waals surface area contributed by atoms with Crippen LogP contribution in [0.25, 0.3) is 0 Å². The first-order chi connectivity index (χ1) is 9.12. The molecule has 19 heavy (non-hydrogen) atoms. The maximum Gasteiger partial charge on any atom is 0.268 e. The van der Waals surface area contributed by atoms with Gasteiger partial charge in [0.25, 0.3) is 5.91 Å². The number of hydrogen-bond acceptors (Lipinski definition) is 5. The van der Waals surface area contributed by atoms with Crippen LogP contribution in [0.2, 0.25) is 0 Å². The van der Waals surface area contributed by atoms with E-state index in [0.29, 0.717) is 24.5 Å². The van der Waals surface area contributed by atoms with Gasteiger partial charge in [0.1, 0.15) is 5.71 Å². The highest BCUT2D eigenvalue weighted by molar-refractivity contribution is 6.37. The fraction of sp³-hybridized carbons (Fsp3) is 0.385. The molecule has 0 spiro atoms. The molecule has 0 unspecified atom stereocenters. The fourth-order valence-electron chi connectivity index (χ4n) is 1.53. The molecule has 0 aliphatic carbocycles. The van der Waals surface area contributed by atoms with Crippen molar-refractivity contribution in [2.75, 3.05) is 20.8 Å². The van der Waals surface area contributed by atoms with Gasteiger partial charge in [-0.3, -0.25) is 4.79 Å². The summed E-state index contributed by atoms with van der Waals surface area (Å²) in [5, 5.41) is 13.9. The second kappa shape index (κ2) is 7.25. The highest BCUT2D eigenvalue weighted by atomic mass is 16.5. The number of rotatable bonds is 6. The minimum absolute atomic E-state index is 0.0345. The number of amides is 1. The Morgan fingerprint density at radius 3 is 2.58 bits per heavy atom. The van der Waals surface area contributed by atoms with E-state index in [4.69, 9.17) is 14.7 Å². The molecule has 0 saturated heterocycles. The van der Waals surface area contributed by atoms with E-state index in [9.17, 15) is 4.79 Å². The molecule has 0 fully saturated rings. The van der Waals surface area contributed by atoms with Crippen LogP contribution in [0.5, 0.6) is 11.5 Å². The summed E-state index contributed by atoms with van der Waals surface area (Å²) in [5.74, 6) is 0.931. The van der Waals surface area contributed by atoms with E-state index >= 15 is 0 Å². The van der Waals surface area contributed by atoms with Gasteiger partial charge >= 0.3 is 0 Å². The molecule has 0 aromatic heterocycles. The third kappa shape index (κ3) is 4.17. The number of ether oxygens (including phenoxy) is 2. The largest absolute Gasteiger partial charge is 0.493 e. The molecule has 0 aliphatic rings. The van der Waals surface area contributed by atoms with E-state index < -0.39 is 0 Å². The molecule has 1 aromatic carbocycles. The van der Waals surface area contributed by atoms with Gasteiger partial charge < -0.3 is 20.0 Å². The van der Waals surface area contributed by atoms with Gasteiger partial charge in [-0.25, -0.2) is 0 Å². The summed E-state index contributed by atoms with van der Waals surface area (Å²) < 4.78 is 10.3. The Hall–Kier alpha value is -2.24. The molecule has 104 valence electrons. The topological polar surface area (TPSA) is 80.2 Å².